The number of aryl methyl sites for hydroxylation is 1. The van der Waals surface area contributed by atoms with Crippen molar-refractivity contribution in [3.05, 3.63) is 40.6 Å². The Morgan fingerprint density at radius 3 is 2.67 bits per heavy atom. The second-order valence-corrected chi connectivity index (χ2v) is 6.29. The van der Waals surface area contributed by atoms with Crippen molar-refractivity contribution in [2.45, 2.75) is 42.8 Å². The smallest absolute Gasteiger partial charge is 0.433 e. The van der Waals surface area contributed by atoms with Gasteiger partial charge in [-0.2, -0.15) is 13.2 Å². The summed E-state index contributed by atoms with van der Waals surface area (Å²) in [6.45, 7) is 0. The standard InChI is InChI=1S/C15H13F3N2O3S/c16-15(17,18)12-9-3-1-2-4-10(9)19-14(20-12)24-7-8-5-6-11(23-8)13(21)22/h5-6H,1-4,7H2,(H,21,22). The summed E-state index contributed by atoms with van der Waals surface area (Å²) in [4.78, 5) is 18.7. The Kier molecular flexibility index (Phi) is 4.53. The van der Waals surface area contributed by atoms with Crippen molar-refractivity contribution in [3.63, 3.8) is 0 Å². The highest BCUT2D eigenvalue weighted by Crippen LogP contribution is 2.36. The summed E-state index contributed by atoms with van der Waals surface area (Å²) in [5.74, 6) is -0.917. The molecule has 0 bridgehead atoms. The lowest BCUT2D eigenvalue weighted by Gasteiger charge is -2.20. The molecule has 0 aliphatic heterocycles. The van der Waals surface area contributed by atoms with Gasteiger partial charge in [0.2, 0.25) is 5.76 Å². The topological polar surface area (TPSA) is 76.2 Å². The van der Waals surface area contributed by atoms with Crippen LogP contribution in [0.3, 0.4) is 0 Å². The molecule has 24 heavy (non-hydrogen) atoms. The fraction of sp³-hybridized carbons (Fsp3) is 0.400. The second kappa shape index (κ2) is 6.46. The molecule has 0 amide bonds. The molecule has 1 N–H and O–H groups in total. The van der Waals surface area contributed by atoms with Crippen LogP contribution in [0.4, 0.5) is 13.2 Å². The lowest BCUT2D eigenvalue weighted by molar-refractivity contribution is -0.142. The highest BCUT2D eigenvalue weighted by atomic mass is 32.2. The number of fused-ring (bicyclic) bond motifs is 1. The number of alkyl halides is 3. The number of hydrogen-bond donors (Lipinski definition) is 1. The molecule has 0 unspecified atom stereocenters. The zero-order valence-electron chi connectivity index (χ0n) is 12.4. The predicted octanol–water partition coefficient (Wildman–Crippen LogP) is 3.96. The first-order chi connectivity index (χ1) is 11.3. The molecule has 2 aromatic rings. The minimum atomic E-state index is -4.51. The fourth-order valence-corrected chi connectivity index (χ4v) is 3.33. The zero-order valence-corrected chi connectivity index (χ0v) is 13.2. The van der Waals surface area contributed by atoms with Crippen LogP contribution in [0.2, 0.25) is 0 Å². The van der Waals surface area contributed by atoms with Crippen LogP contribution in [0, 0.1) is 0 Å². The van der Waals surface area contributed by atoms with Crippen LogP contribution in [0.1, 0.15) is 46.1 Å². The molecular weight excluding hydrogens is 345 g/mol. The van der Waals surface area contributed by atoms with Gasteiger partial charge in [-0.3, -0.25) is 0 Å². The number of halogens is 3. The molecule has 3 rings (SSSR count). The number of furan rings is 1. The maximum absolute atomic E-state index is 13.2. The molecule has 1 aliphatic carbocycles. The van der Waals surface area contributed by atoms with Gasteiger partial charge in [0.05, 0.1) is 5.75 Å². The van der Waals surface area contributed by atoms with E-state index in [4.69, 9.17) is 9.52 Å². The maximum atomic E-state index is 13.2. The van der Waals surface area contributed by atoms with Gasteiger partial charge in [-0.15, -0.1) is 0 Å². The van der Waals surface area contributed by atoms with Crippen molar-refractivity contribution in [1.82, 2.24) is 9.97 Å². The van der Waals surface area contributed by atoms with E-state index in [9.17, 15) is 18.0 Å². The van der Waals surface area contributed by atoms with Crippen LogP contribution in [-0.2, 0) is 24.8 Å². The third-order valence-corrected chi connectivity index (χ3v) is 4.52. The monoisotopic (exact) mass is 358 g/mol. The number of nitrogens with zero attached hydrogens (tertiary/aromatic N) is 2. The molecule has 0 radical (unpaired) electrons. The van der Waals surface area contributed by atoms with Crippen LogP contribution >= 0.6 is 11.8 Å². The number of rotatable bonds is 4. The van der Waals surface area contributed by atoms with Gasteiger partial charge in [-0.05, 0) is 37.8 Å². The Morgan fingerprint density at radius 2 is 2.00 bits per heavy atom. The van der Waals surface area contributed by atoms with Gasteiger partial charge in [-0.25, -0.2) is 14.8 Å². The molecule has 5 nitrogen and oxygen atoms in total. The average molecular weight is 358 g/mol. The number of aromatic nitrogens is 2. The third kappa shape index (κ3) is 3.55. The molecule has 2 aromatic heterocycles. The van der Waals surface area contributed by atoms with Crippen LogP contribution in [0.5, 0.6) is 0 Å². The lowest BCUT2D eigenvalue weighted by Crippen LogP contribution is -2.19. The summed E-state index contributed by atoms with van der Waals surface area (Å²) in [7, 11) is 0. The Bertz CT molecular complexity index is 774. The van der Waals surface area contributed by atoms with E-state index in [1.54, 1.807) is 0 Å². The minimum absolute atomic E-state index is 0.0243. The number of hydrogen-bond acceptors (Lipinski definition) is 5. The first-order valence-corrected chi connectivity index (χ1v) is 8.25. The SMILES string of the molecule is O=C(O)c1ccc(CSc2nc3c(c(C(F)(F)F)n2)CCCC3)o1. The van der Waals surface area contributed by atoms with Gasteiger partial charge in [0.15, 0.2) is 10.9 Å². The van der Waals surface area contributed by atoms with Crippen molar-refractivity contribution < 1.29 is 27.5 Å². The number of aromatic carboxylic acids is 1. The van der Waals surface area contributed by atoms with Gasteiger partial charge in [0.25, 0.3) is 0 Å². The van der Waals surface area contributed by atoms with Crippen molar-refractivity contribution in [1.29, 1.82) is 0 Å². The van der Waals surface area contributed by atoms with Crippen molar-refractivity contribution in [2.75, 3.05) is 0 Å². The predicted molar refractivity (Wildman–Crippen MR) is 78.9 cm³/mol. The van der Waals surface area contributed by atoms with E-state index < -0.39 is 17.8 Å². The summed E-state index contributed by atoms with van der Waals surface area (Å²) in [6.07, 6.45) is -2.14. The molecule has 0 aromatic carbocycles. The maximum Gasteiger partial charge on any atom is 0.433 e. The van der Waals surface area contributed by atoms with Gasteiger partial charge in [0, 0.05) is 11.3 Å². The van der Waals surface area contributed by atoms with Crippen LogP contribution in [-0.4, -0.2) is 21.0 Å². The summed E-state index contributed by atoms with van der Waals surface area (Å²) in [6, 6.07) is 2.77. The van der Waals surface area contributed by atoms with E-state index in [0.29, 0.717) is 30.7 Å². The zero-order chi connectivity index (χ0) is 17.3. The first-order valence-electron chi connectivity index (χ1n) is 7.26. The van der Waals surface area contributed by atoms with Gasteiger partial charge in [-0.1, -0.05) is 11.8 Å². The average Bonchev–Trinajstić information content (AvgIpc) is 3.00. The van der Waals surface area contributed by atoms with E-state index in [1.165, 1.54) is 12.1 Å². The Labute approximate surface area is 139 Å². The largest absolute Gasteiger partial charge is 0.475 e. The third-order valence-electron chi connectivity index (χ3n) is 3.65. The molecule has 128 valence electrons. The second-order valence-electron chi connectivity index (χ2n) is 5.34. The number of carboxylic acids is 1. The molecule has 0 fully saturated rings. The summed E-state index contributed by atoms with van der Waals surface area (Å²) < 4.78 is 44.8. The van der Waals surface area contributed by atoms with E-state index in [1.807, 2.05) is 0 Å². The molecule has 2 heterocycles. The normalized spacial score (nSPS) is 14.5. The minimum Gasteiger partial charge on any atom is -0.475 e. The number of carboxylic acid groups (broad SMARTS) is 1. The summed E-state index contributed by atoms with van der Waals surface area (Å²) in [5, 5.41) is 8.82. The van der Waals surface area contributed by atoms with E-state index in [2.05, 4.69) is 9.97 Å². The highest BCUT2D eigenvalue weighted by molar-refractivity contribution is 7.98. The molecule has 9 heteroatoms. The Balaban J connectivity index is 1.83. The van der Waals surface area contributed by atoms with Crippen LogP contribution in [0.25, 0.3) is 0 Å². The summed E-state index contributed by atoms with van der Waals surface area (Å²) in [5.41, 5.74) is -0.207. The van der Waals surface area contributed by atoms with Crippen LogP contribution < -0.4 is 0 Å². The molecule has 0 saturated carbocycles. The molecular formula is C15H13F3N2O3S. The van der Waals surface area contributed by atoms with Crippen molar-refractivity contribution >= 4 is 17.7 Å². The lowest BCUT2D eigenvalue weighted by atomic mass is 9.94. The Hall–Kier alpha value is -2.03. The van der Waals surface area contributed by atoms with Gasteiger partial charge in [0.1, 0.15) is 5.76 Å². The Morgan fingerprint density at radius 1 is 1.25 bits per heavy atom. The van der Waals surface area contributed by atoms with Crippen LogP contribution in [0.15, 0.2) is 21.7 Å². The van der Waals surface area contributed by atoms with Gasteiger partial charge >= 0.3 is 12.1 Å². The molecule has 0 atom stereocenters. The number of carbonyl (C=O) groups is 1. The van der Waals surface area contributed by atoms with Crippen molar-refractivity contribution in [2.24, 2.45) is 0 Å². The molecule has 1 aliphatic rings. The van der Waals surface area contributed by atoms with E-state index in [0.717, 1.165) is 18.2 Å². The van der Waals surface area contributed by atoms with Crippen molar-refractivity contribution in [3.8, 4) is 0 Å². The van der Waals surface area contributed by atoms with Gasteiger partial charge < -0.3 is 9.52 Å². The van der Waals surface area contributed by atoms with E-state index >= 15 is 0 Å². The fourth-order valence-electron chi connectivity index (χ4n) is 2.58. The summed E-state index contributed by atoms with van der Waals surface area (Å²) >= 11 is 0.993. The molecule has 0 saturated heterocycles. The first kappa shape index (κ1) is 16.8. The van der Waals surface area contributed by atoms with E-state index in [-0.39, 0.29) is 22.2 Å². The molecule has 0 spiro atoms. The highest BCUT2D eigenvalue weighted by Gasteiger charge is 2.38. The number of thioether (sulfide) groups is 1. The quantitative estimate of drug-likeness (QED) is 0.659.